The zero-order valence-corrected chi connectivity index (χ0v) is 12.7. The SMILES string of the molecule is c1ccn2c(NC3CCCC3)c(C3CCCCC3)nc2c1. The fourth-order valence-corrected chi connectivity index (χ4v) is 4.08. The van der Waals surface area contributed by atoms with Gasteiger partial charge in [0.2, 0.25) is 0 Å². The van der Waals surface area contributed by atoms with Gasteiger partial charge in [-0.25, -0.2) is 4.98 Å². The van der Waals surface area contributed by atoms with Crippen molar-refractivity contribution in [2.24, 2.45) is 0 Å². The van der Waals surface area contributed by atoms with E-state index in [1.807, 2.05) is 0 Å². The Morgan fingerprint density at radius 1 is 0.952 bits per heavy atom. The molecule has 2 aromatic heterocycles. The molecule has 112 valence electrons. The van der Waals surface area contributed by atoms with Gasteiger partial charge in [0, 0.05) is 18.2 Å². The maximum Gasteiger partial charge on any atom is 0.138 e. The molecule has 2 aliphatic rings. The second-order valence-corrected chi connectivity index (χ2v) is 6.74. The first-order chi connectivity index (χ1) is 10.4. The molecule has 2 aromatic rings. The van der Waals surface area contributed by atoms with Gasteiger partial charge in [-0.05, 0) is 37.8 Å². The van der Waals surface area contributed by atoms with Gasteiger partial charge in [-0.1, -0.05) is 38.2 Å². The largest absolute Gasteiger partial charge is 0.367 e. The van der Waals surface area contributed by atoms with E-state index in [0.717, 1.165) is 5.65 Å². The summed E-state index contributed by atoms with van der Waals surface area (Å²) in [6, 6.07) is 6.98. The third-order valence-electron chi connectivity index (χ3n) is 5.24. The van der Waals surface area contributed by atoms with E-state index >= 15 is 0 Å². The van der Waals surface area contributed by atoms with E-state index in [2.05, 4.69) is 34.1 Å². The highest BCUT2D eigenvalue weighted by Gasteiger charge is 2.25. The smallest absolute Gasteiger partial charge is 0.138 e. The Hall–Kier alpha value is -1.51. The Bertz CT molecular complexity index is 604. The molecular weight excluding hydrogens is 258 g/mol. The minimum absolute atomic E-state index is 0.646. The van der Waals surface area contributed by atoms with Crippen LogP contribution in [0, 0.1) is 0 Å². The quantitative estimate of drug-likeness (QED) is 0.882. The van der Waals surface area contributed by atoms with Gasteiger partial charge < -0.3 is 5.32 Å². The number of imidazole rings is 1. The second kappa shape index (κ2) is 5.70. The van der Waals surface area contributed by atoms with Crippen LogP contribution in [0.2, 0.25) is 0 Å². The Balaban J connectivity index is 1.72. The fourth-order valence-electron chi connectivity index (χ4n) is 4.08. The molecule has 0 spiro atoms. The van der Waals surface area contributed by atoms with E-state index in [0.29, 0.717) is 12.0 Å². The van der Waals surface area contributed by atoms with Gasteiger partial charge >= 0.3 is 0 Å². The lowest BCUT2D eigenvalue weighted by molar-refractivity contribution is 0.438. The maximum absolute atomic E-state index is 4.98. The molecule has 1 N–H and O–H groups in total. The molecule has 3 nitrogen and oxygen atoms in total. The van der Waals surface area contributed by atoms with Crippen molar-refractivity contribution in [3.05, 3.63) is 30.1 Å². The van der Waals surface area contributed by atoms with Gasteiger partial charge in [0.15, 0.2) is 0 Å². The van der Waals surface area contributed by atoms with Gasteiger partial charge in [0.1, 0.15) is 11.5 Å². The van der Waals surface area contributed by atoms with Crippen molar-refractivity contribution in [3.63, 3.8) is 0 Å². The zero-order valence-electron chi connectivity index (χ0n) is 12.7. The fraction of sp³-hybridized carbons (Fsp3) is 0.611. The predicted molar refractivity (Wildman–Crippen MR) is 86.9 cm³/mol. The molecule has 0 saturated heterocycles. The van der Waals surface area contributed by atoms with Crippen LogP contribution in [0.15, 0.2) is 24.4 Å². The monoisotopic (exact) mass is 283 g/mol. The summed E-state index contributed by atoms with van der Waals surface area (Å²) >= 11 is 0. The van der Waals surface area contributed by atoms with E-state index in [4.69, 9.17) is 4.98 Å². The molecule has 3 heteroatoms. The van der Waals surface area contributed by atoms with Crippen molar-refractivity contribution < 1.29 is 0 Å². The molecule has 2 heterocycles. The number of fused-ring (bicyclic) bond motifs is 1. The van der Waals surface area contributed by atoms with Crippen LogP contribution in [0.3, 0.4) is 0 Å². The molecule has 2 fully saturated rings. The average Bonchev–Trinajstić information content (AvgIpc) is 3.17. The van der Waals surface area contributed by atoms with Crippen molar-refractivity contribution in [1.82, 2.24) is 9.38 Å². The van der Waals surface area contributed by atoms with Gasteiger partial charge in [0.05, 0.1) is 5.69 Å². The number of hydrogen-bond donors (Lipinski definition) is 1. The summed E-state index contributed by atoms with van der Waals surface area (Å²) in [6.07, 6.45) is 14.3. The molecule has 21 heavy (non-hydrogen) atoms. The highest BCUT2D eigenvalue weighted by molar-refractivity contribution is 5.57. The number of aromatic nitrogens is 2. The average molecular weight is 283 g/mol. The Morgan fingerprint density at radius 2 is 1.71 bits per heavy atom. The third kappa shape index (κ3) is 2.54. The van der Waals surface area contributed by atoms with Crippen molar-refractivity contribution in [2.75, 3.05) is 5.32 Å². The lowest BCUT2D eigenvalue weighted by atomic mass is 9.87. The Morgan fingerprint density at radius 3 is 2.52 bits per heavy atom. The Kier molecular flexibility index (Phi) is 3.58. The van der Waals surface area contributed by atoms with E-state index in [-0.39, 0.29) is 0 Å². The number of hydrogen-bond acceptors (Lipinski definition) is 2. The van der Waals surface area contributed by atoms with Crippen molar-refractivity contribution >= 4 is 11.5 Å². The summed E-state index contributed by atoms with van der Waals surface area (Å²) < 4.78 is 2.27. The third-order valence-corrected chi connectivity index (χ3v) is 5.24. The molecule has 0 aliphatic heterocycles. The minimum Gasteiger partial charge on any atom is -0.367 e. The first-order valence-corrected chi connectivity index (χ1v) is 8.65. The van der Waals surface area contributed by atoms with E-state index in [1.165, 1.54) is 69.3 Å². The topological polar surface area (TPSA) is 29.3 Å². The lowest BCUT2D eigenvalue weighted by Gasteiger charge is -2.22. The van der Waals surface area contributed by atoms with E-state index in [9.17, 15) is 0 Å². The van der Waals surface area contributed by atoms with Crippen molar-refractivity contribution in [1.29, 1.82) is 0 Å². The van der Waals surface area contributed by atoms with Crippen LogP contribution in [0.25, 0.3) is 5.65 Å². The highest BCUT2D eigenvalue weighted by Crippen LogP contribution is 2.37. The van der Waals surface area contributed by atoms with Crippen molar-refractivity contribution in [2.45, 2.75) is 69.7 Å². The molecule has 0 radical (unpaired) electrons. The zero-order chi connectivity index (χ0) is 14.1. The predicted octanol–water partition coefficient (Wildman–Crippen LogP) is 4.74. The number of rotatable bonds is 3. The molecule has 0 aromatic carbocycles. The van der Waals surface area contributed by atoms with Crippen LogP contribution in [0.5, 0.6) is 0 Å². The minimum atomic E-state index is 0.646. The van der Waals surface area contributed by atoms with Gasteiger partial charge in [-0.15, -0.1) is 0 Å². The van der Waals surface area contributed by atoms with E-state index < -0.39 is 0 Å². The molecule has 4 rings (SSSR count). The standard InChI is InChI=1S/C18H25N3/c1-2-8-14(9-3-1)17-18(19-15-10-4-5-11-15)21-13-7-6-12-16(21)20-17/h6-7,12-15,19H,1-5,8-11H2. The summed E-state index contributed by atoms with van der Waals surface area (Å²) in [5.74, 6) is 1.94. The number of nitrogens with zero attached hydrogens (tertiary/aromatic N) is 2. The van der Waals surface area contributed by atoms with Crippen LogP contribution in [-0.4, -0.2) is 15.4 Å². The van der Waals surface area contributed by atoms with Crippen LogP contribution in [0.1, 0.15) is 69.4 Å². The number of nitrogens with one attached hydrogen (secondary N) is 1. The maximum atomic E-state index is 4.98. The first-order valence-electron chi connectivity index (χ1n) is 8.65. The second-order valence-electron chi connectivity index (χ2n) is 6.74. The van der Waals surface area contributed by atoms with Crippen LogP contribution >= 0.6 is 0 Å². The van der Waals surface area contributed by atoms with Crippen LogP contribution in [0.4, 0.5) is 5.82 Å². The van der Waals surface area contributed by atoms with Gasteiger partial charge in [-0.2, -0.15) is 0 Å². The number of pyridine rings is 1. The van der Waals surface area contributed by atoms with Gasteiger partial charge in [0.25, 0.3) is 0 Å². The molecule has 0 atom stereocenters. The normalized spacial score (nSPS) is 21.1. The number of anilines is 1. The first kappa shape index (κ1) is 13.2. The summed E-state index contributed by atoms with van der Waals surface area (Å²) in [5, 5.41) is 3.83. The Labute approximate surface area is 126 Å². The molecule has 0 unspecified atom stereocenters. The van der Waals surface area contributed by atoms with Crippen molar-refractivity contribution in [3.8, 4) is 0 Å². The van der Waals surface area contributed by atoms with E-state index in [1.54, 1.807) is 0 Å². The van der Waals surface area contributed by atoms with Crippen LogP contribution in [-0.2, 0) is 0 Å². The molecule has 0 amide bonds. The van der Waals surface area contributed by atoms with Gasteiger partial charge in [-0.3, -0.25) is 4.40 Å². The molecule has 0 bridgehead atoms. The van der Waals surface area contributed by atoms with Crippen LogP contribution < -0.4 is 5.32 Å². The molecule has 2 aliphatic carbocycles. The lowest BCUT2D eigenvalue weighted by Crippen LogP contribution is -2.18. The summed E-state index contributed by atoms with van der Waals surface area (Å²) in [7, 11) is 0. The molecule has 2 saturated carbocycles. The highest BCUT2D eigenvalue weighted by atomic mass is 15.1. The molecular formula is C18H25N3. The summed E-state index contributed by atoms with van der Waals surface area (Å²) in [5.41, 5.74) is 2.42. The summed E-state index contributed by atoms with van der Waals surface area (Å²) in [6.45, 7) is 0. The summed E-state index contributed by atoms with van der Waals surface area (Å²) in [4.78, 5) is 4.98.